The van der Waals surface area contributed by atoms with Crippen molar-refractivity contribution in [2.24, 2.45) is 5.92 Å². The minimum atomic E-state index is -0.792. The van der Waals surface area contributed by atoms with Crippen molar-refractivity contribution in [3.63, 3.8) is 0 Å². The van der Waals surface area contributed by atoms with Gasteiger partial charge in [0.25, 0.3) is 0 Å². The number of hydrogen-bond acceptors (Lipinski definition) is 4. The smallest absolute Gasteiger partial charge is 0.169 e. The molecule has 0 fully saturated rings. The van der Waals surface area contributed by atoms with Gasteiger partial charge in [0.05, 0.1) is 12.7 Å². The van der Waals surface area contributed by atoms with E-state index in [0.29, 0.717) is 23.1 Å². The maximum atomic E-state index is 12.1. The zero-order valence-electron chi connectivity index (χ0n) is 10.6. The largest absolute Gasteiger partial charge is 0.396 e. The van der Waals surface area contributed by atoms with Gasteiger partial charge in [-0.15, -0.1) is 0 Å². The number of aliphatic hydroxyl groups excluding tert-OH is 3. The van der Waals surface area contributed by atoms with Crippen LogP contribution in [0.25, 0.3) is 0 Å². The van der Waals surface area contributed by atoms with E-state index in [9.17, 15) is 15.0 Å². The van der Waals surface area contributed by atoms with E-state index in [0.717, 1.165) is 11.1 Å². The first-order valence-corrected chi connectivity index (χ1v) is 6.12. The summed E-state index contributed by atoms with van der Waals surface area (Å²) < 4.78 is 0. The molecule has 1 aliphatic carbocycles. The van der Waals surface area contributed by atoms with Crippen LogP contribution < -0.4 is 0 Å². The van der Waals surface area contributed by atoms with Crippen molar-refractivity contribution < 1.29 is 20.1 Å². The highest BCUT2D eigenvalue weighted by Crippen LogP contribution is 2.40. The summed E-state index contributed by atoms with van der Waals surface area (Å²) in [6.45, 7) is 3.28. The molecule has 4 heteroatoms. The van der Waals surface area contributed by atoms with Crippen molar-refractivity contribution >= 4 is 5.78 Å². The van der Waals surface area contributed by atoms with Crippen molar-refractivity contribution in [3.8, 4) is 0 Å². The van der Waals surface area contributed by atoms with Gasteiger partial charge in [-0.2, -0.15) is 0 Å². The number of benzene rings is 1. The molecule has 1 aliphatic rings. The van der Waals surface area contributed by atoms with E-state index in [4.69, 9.17) is 5.11 Å². The average Bonchev–Trinajstić information content (AvgIpc) is 2.56. The molecule has 0 amide bonds. The molecule has 0 heterocycles. The van der Waals surface area contributed by atoms with Crippen LogP contribution in [0, 0.1) is 12.8 Å². The number of rotatable bonds is 3. The van der Waals surface area contributed by atoms with Gasteiger partial charge in [-0.05, 0) is 35.6 Å². The summed E-state index contributed by atoms with van der Waals surface area (Å²) >= 11 is 0. The maximum Gasteiger partial charge on any atom is 0.169 e. The van der Waals surface area contributed by atoms with Crippen LogP contribution in [0.2, 0.25) is 0 Å². The fourth-order valence-electron chi connectivity index (χ4n) is 2.75. The van der Waals surface area contributed by atoms with E-state index in [1.807, 2.05) is 6.92 Å². The lowest BCUT2D eigenvalue weighted by molar-refractivity contribution is 0.0789. The summed E-state index contributed by atoms with van der Waals surface area (Å²) in [4.78, 5) is 12.1. The molecule has 98 valence electrons. The molecular weight excluding hydrogens is 232 g/mol. The minimum absolute atomic E-state index is 0.0288. The van der Waals surface area contributed by atoms with E-state index in [1.54, 1.807) is 13.0 Å². The molecule has 0 saturated heterocycles. The Balaban J connectivity index is 2.69. The van der Waals surface area contributed by atoms with Gasteiger partial charge in [-0.25, -0.2) is 0 Å². The van der Waals surface area contributed by atoms with Crippen molar-refractivity contribution in [2.75, 3.05) is 6.61 Å². The first-order valence-electron chi connectivity index (χ1n) is 6.12. The van der Waals surface area contributed by atoms with E-state index in [1.165, 1.54) is 0 Å². The molecule has 0 spiro atoms. The molecule has 1 aromatic carbocycles. The minimum Gasteiger partial charge on any atom is -0.396 e. The normalized spacial score (nSPS) is 22.4. The summed E-state index contributed by atoms with van der Waals surface area (Å²) in [5.41, 5.74) is 3.33. The third-order valence-electron chi connectivity index (χ3n) is 3.77. The van der Waals surface area contributed by atoms with Crippen LogP contribution in [0.5, 0.6) is 0 Å². The van der Waals surface area contributed by atoms with Crippen molar-refractivity contribution in [1.82, 2.24) is 0 Å². The molecule has 0 unspecified atom stereocenters. The maximum absolute atomic E-state index is 12.1. The van der Waals surface area contributed by atoms with E-state index in [-0.39, 0.29) is 19.0 Å². The third kappa shape index (κ3) is 1.77. The van der Waals surface area contributed by atoms with Crippen molar-refractivity contribution in [2.45, 2.75) is 33.0 Å². The second kappa shape index (κ2) is 4.80. The molecular formula is C14H18O4. The standard InChI is InChI=1S/C14H18O4/c1-7-5-10-12(14(18)8(2)13(10)17)11(6-16)9(7)3-4-15/h5,8,13,15-17H,3-4,6H2,1-2H3/t8-,13-/m0/s1. The number of carbonyl (C=O) groups is 1. The van der Waals surface area contributed by atoms with Gasteiger partial charge in [0.2, 0.25) is 0 Å². The SMILES string of the molecule is Cc1cc2c(c(CO)c1CCO)C(=O)[C@@H](C)[C@@H]2O. The van der Waals surface area contributed by atoms with Gasteiger partial charge in [0, 0.05) is 18.1 Å². The van der Waals surface area contributed by atoms with Gasteiger partial charge in [-0.3, -0.25) is 4.79 Å². The number of aryl methyl sites for hydroxylation is 1. The summed E-state index contributed by atoms with van der Waals surface area (Å²) in [5.74, 6) is -0.588. The Hall–Kier alpha value is -1.23. The van der Waals surface area contributed by atoms with Crippen LogP contribution in [-0.4, -0.2) is 27.7 Å². The number of fused-ring (bicyclic) bond motifs is 1. The van der Waals surface area contributed by atoms with E-state index in [2.05, 4.69) is 0 Å². The van der Waals surface area contributed by atoms with Gasteiger partial charge in [0.15, 0.2) is 5.78 Å². The molecule has 2 rings (SSSR count). The van der Waals surface area contributed by atoms with Gasteiger partial charge >= 0.3 is 0 Å². The molecule has 3 N–H and O–H groups in total. The molecule has 0 bridgehead atoms. The lowest BCUT2D eigenvalue weighted by Gasteiger charge is -2.15. The van der Waals surface area contributed by atoms with Gasteiger partial charge in [-0.1, -0.05) is 13.0 Å². The lowest BCUT2D eigenvalue weighted by atomic mass is 9.91. The number of carbonyl (C=O) groups excluding carboxylic acids is 1. The summed E-state index contributed by atoms with van der Waals surface area (Å²) in [7, 11) is 0. The van der Waals surface area contributed by atoms with Crippen LogP contribution in [0.15, 0.2) is 6.07 Å². The molecule has 0 aliphatic heterocycles. The van der Waals surface area contributed by atoms with Crippen molar-refractivity contribution in [1.29, 1.82) is 0 Å². The van der Waals surface area contributed by atoms with Crippen molar-refractivity contribution in [3.05, 3.63) is 33.9 Å². The topological polar surface area (TPSA) is 77.8 Å². The Morgan fingerprint density at radius 1 is 1.28 bits per heavy atom. The van der Waals surface area contributed by atoms with Gasteiger partial charge < -0.3 is 15.3 Å². The quantitative estimate of drug-likeness (QED) is 0.744. The molecule has 4 nitrogen and oxygen atoms in total. The molecule has 0 aromatic heterocycles. The molecule has 2 atom stereocenters. The second-order valence-corrected chi connectivity index (χ2v) is 4.84. The zero-order chi connectivity index (χ0) is 13.4. The van der Waals surface area contributed by atoms with E-state index >= 15 is 0 Å². The van der Waals surface area contributed by atoms with Crippen LogP contribution in [0.4, 0.5) is 0 Å². The molecule has 0 saturated carbocycles. The number of ketones is 1. The predicted octanol–water partition coefficient (Wildman–Crippen LogP) is 0.888. The molecule has 1 aromatic rings. The summed E-state index contributed by atoms with van der Waals surface area (Å²) in [6, 6.07) is 1.80. The Bertz CT molecular complexity index is 493. The van der Waals surface area contributed by atoms with E-state index < -0.39 is 12.0 Å². The summed E-state index contributed by atoms with van der Waals surface area (Å²) in [5, 5.41) is 28.6. The number of aliphatic hydroxyl groups is 3. The summed E-state index contributed by atoms with van der Waals surface area (Å²) in [6.07, 6.45) is -0.382. The molecule has 18 heavy (non-hydrogen) atoms. The average molecular weight is 250 g/mol. The zero-order valence-corrected chi connectivity index (χ0v) is 10.6. The highest BCUT2D eigenvalue weighted by Gasteiger charge is 2.38. The lowest BCUT2D eigenvalue weighted by Crippen LogP contribution is -2.10. The van der Waals surface area contributed by atoms with Crippen LogP contribution in [-0.2, 0) is 13.0 Å². The Morgan fingerprint density at radius 3 is 2.50 bits per heavy atom. The Morgan fingerprint density at radius 2 is 1.94 bits per heavy atom. The fourth-order valence-corrected chi connectivity index (χ4v) is 2.75. The first-order chi connectivity index (χ1) is 8.52. The fraction of sp³-hybridized carbons (Fsp3) is 0.500. The number of hydrogen-bond donors (Lipinski definition) is 3. The first kappa shape index (κ1) is 13.2. The molecule has 0 radical (unpaired) electrons. The third-order valence-corrected chi connectivity index (χ3v) is 3.77. The monoisotopic (exact) mass is 250 g/mol. The van der Waals surface area contributed by atoms with Crippen LogP contribution >= 0.6 is 0 Å². The Labute approximate surface area is 106 Å². The highest BCUT2D eigenvalue weighted by atomic mass is 16.3. The van der Waals surface area contributed by atoms with Crippen LogP contribution in [0.1, 0.15) is 45.6 Å². The number of Topliss-reactive ketones (excluding diaryl/α,β-unsaturated/α-hetero) is 1. The predicted molar refractivity (Wildman–Crippen MR) is 66.3 cm³/mol. The Kier molecular flexibility index (Phi) is 3.52. The highest BCUT2D eigenvalue weighted by molar-refractivity contribution is 6.04. The van der Waals surface area contributed by atoms with Gasteiger partial charge in [0.1, 0.15) is 0 Å². The second-order valence-electron chi connectivity index (χ2n) is 4.84. The van der Waals surface area contributed by atoms with Crippen LogP contribution in [0.3, 0.4) is 0 Å².